The van der Waals surface area contributed by atoms with Crippen molar-refractivity contribution in [2.75, 3.05) is 13.1 Å². The Morgan fingerprint density at radius 3 is 2.07 bits per heavy atom. The van der Waals surface area contributed by atoms with Gasteiger partial charge in [0.15, 0.2) is 0 Å². The average Bonchev–Trinajstić information content (AvgIpc) is 2.80. The predicted molar refractivity (Wildman–Crippen MR) is 56.1 cm³/mol. The lowest BCUT2D eigenvalue weighted by atomic mass is 9.94. The van der Waals surface area contributed by atoms with Gasteiger partial charge >= 0.3 is 0 Å². The smallest absolute Gasteiger partial charge is 0.219 e. The molecule has 2 heterocycles. The van der Waals surface area contributed by atoms with Gasteiger partial charge < -0.3 is 9.64 Å². The number of ether oxygens (including phenoxy) is 1. The molecule has 2 aliphatic heterocycles. The third-order valence-electron chi connectivity index (χ3n) is 3.15. The molecule has 2 rings (SSSR count). The first kappa shape index (κ1) is 11.5. The first-order chi connectivity index (χ1) is 6.64. The molecular weight excluding hydrogens is 178 g/mol. The zero-order valence-corrected chi connectivity index (χ0v) is 9.67. The van der Waals surface area contributed by atoms with Crippen LogP contribution in [-0.4, -0.2) is 35.6 Å². The quantitative estimate of drug-likeness (QED) is 0.557. The Morgan fingerprint density at radius 2 is 1.79 bits per heavy atom. The van der Waals surface area contributed by atoms with Crippen molar-refractivity contribution in [1.82, 2.24) is 4.90 Å². The van der Waals surface area contributed by atoms with Gasteiger partial charge in [-0.2, -0.15) is 0 Å². The number of hydrogen-bond donors (Lipinski definition) is 0. The third-order valence-corrected chi connectivity index (χ3v) is 3.15. The van der Waals surface area contributed by atoms with Gasteiger partial charge in [-0.25, -0.2) is 0 Å². The maximum Gasteiger partial charge on any atom is 0.219 e. The Bertz CT molecular complexity index is 207. The lowest BCUT2D eigenvalue weighted by Crippen LogP contribution is -2.40. The number of hydrogen-bond acceptors (Lipinski definition) is 2. The van der Waals surface area contributed by atoms with E-state index in [9.17, 15) is 4.79 Å². The normalized spacial score (nSPS) is 28.0. The number of carbonyl (C=O) groups excluding carboxylic acids is 1. The van der Waals surface area contributed by atoms with Crippen molar-refractivity contribution in [3.8, 4) is 0 Å². The van der Waals surface area contributed by atoms with E-state index < -0.39 is 0 Å². The monoisotopic (exact) mass is 199 g/mol. The van der Waals surface area contributed by atoms with Gasteiger partial charge in [0.25, 0.3) is 0 Å². The molecule has 1 amide bonds. The zero-order valence-electron chi connectivity index (χ0n) is 9.67. The molecule has 2 aliphatic rings. The van der Waals surface area contributed by atoms with Gasteiger partial charge in [0.05, 0.1) is 11.7 Å². The van der Waals surface area contributed by atoms with E-state index in [1.807, 2.05) is 18.7 Å². The highest BCUT2D eigenvalue weighted by molar-refractivity contribution is 5.73. The summed E-state index contributed by atoms with van der Waals surface area (Å²) in [4.78, 5) is 12.9. The number of rotatable bonds is 0. The van der Waals surface area contributed by atoms with Crippen LogP contribution < -0.4 is 0 Å². The van der Waals surface area contributed by atoms with Gasteiger partial charge in [-0.15, -0.1) is 0 Å². The van der Waals surface area contributed by atoms with Crippen LogP contribution in [0.25, 0.3) is 0 Å². The molecule has 2 saturated heterocycles. The van der Waals surface area contributed by atoms with Crippen LogP contribution in [0.4, 0.5) is 0 Å². The van der Waals surface area contributed by atoms with Crippen LogP contribution >= 0.6 is 0 Å². The highest BCUT2D eigenvalue weighted by Crippen LogP contribution is 2.44. The molecule has 3 nitrogen and oxygen atoms in total. The summed E-state index contributed by atoms with van der Waals surface area (Å²) in [7, 11) is 0. The van der Waals surface area contributed by atoms with Crippen LogP contribution in [0.1, 0.15) is 40.5 Å². The first-order valence-corrected chi connectivity index (χ1v) is 5.57. The fraction of sp³-hybridized carbons (Fsp3) is 0.909. The van der Waals surface area contributed by atoms with Crippen LogP contribution in [0, 0.1) is 0 Å². The molecule has 1 spiro atoms. The number of amides is 1. The van der Waals surface area contributed by atoms with E-state index in [0.29, 0.717) is 6.10 Å². The number of carbonyl (C=O) groups is 1. The number of piperidine rings is 1. The molecule has 0 radical (unpaired) electrons. The van der Waals surface area contributed by atoms with Crippen molar-refractivity contribution in [2.24, 2.45) is 0 Å². The topological polar surface area (TPSA) is 32.8 Å². The van der Waals surface area contributed by atoms with E-state index >= 15 is 0 Å². The molecule has 0 aliphatic carbocycles. The van der Waals surface area contributed by atoms with Crippen molar-refractivity contribution in [3.63, 3.8) is 0 Å². The van der Waals surface area contributed by atoms with Gasteiger partial charge in [0.2, 0.25) is 5.91 Å². The summed E-state index contributed by atoms with van der Waals surface area (Å²) in [5.74, 6) is 0.193. The van der Waals surface area contributed by atoms with E-state index in [0.717, 1.165) is 25.9 Å². The summed E-state index contributed by atoms with van der Waals surface area (Å²) in [6.07, 6.45) is 2.47. The van der Waals surface area contributed by atoms with Gasteiger partial charge in [-0.05, 0) is 19.8 Å². The molecule has 2 fully saturated rings. The van der Waals surface area contributed by atoms with Gasteiger partial charge in [-0.3, -0.25) is 4.79 Å². The highest BCUT2D eigenvalue weighted by Gasteiger charge is 2.54. The van der Waals surface area contributed by atoms with Crippen molar-refractivity contribution in [2.45, 2.75) is 52.2 Å². The molecule has 3 heteroatoms. The SMILES string of the molecule is CC.CC(=O)N1CCC2(CC1)OC2C. The summed E-state index contributed by atoms with van der Waals surface area (Å²) in [5.41, 5.74) is 0.159. The van der Waals surface area contributed by atoms with Crippen molar-refractivity contribution >= 4 is 5.91 Å². The second-order valence-electron chi connectivity index (χ2n) is 3.83. The molecule has 1 atom stereocenters. The lowest BCUT2D eigenvalue weighted by molar-refractivity contribution is -0.130. The lowest BCUT2D eigenvalue weighted by Gasteiger charge is -2.29. The molecule has 0 bridgehead atoms. The fourth-order valence-corrected chi connectivity index (χ4v) is 2.04. The summed E-state index contributed by atoms with van der Waals surface area (Å²) in [6, 6.07) is 0. The molecule has 0 aromatic carbocycles. The standard InChI is InChI=1S/C9H15NO2.C2H6/c1-7-9(12-7)3-5-10(6-4-9)8(2)11;1-2/h7H,3-6H2,1-2H3;1-2H3. The van der Waals surface area contributed by atoms with E-state index in [1.165, 1.54) is 0 Å². The largest absolute Gasteiger partial charge is 0.366 e. The summed E-state index contributed by atoms with van der Waals surface area (Å²) >= 11 is 0. The average molecular weight is 199 g/mol. The second-order valence-corrected chi connectivity index (χ2v) is 3.83. The van der Waals surface area contributed by atoms with Gasteiger partial charge in [-0.1, -0.05) is 13.8 Å². The van der Waals surface area contributed by atoms with E-state index in [2.05, 4.69) is 6.92 Å². The van der Waals surface area contributed by atoms with E-state index in [1.54, 1.807) is 6.92 Å². The molecule has 0 N–H and O–H groups in total. The second kappa shape index (κ2) is 4.30. The van der Waals surface area contributed by atoms with Crippen LogP contribution in [-0.2, 0) is 9.53 Å². The number of likely N-dealkylation sites (tertiary alicyclic amines) is 1. The van der Waals surface area contributed by atoms with Crippen LogP contribution in [0.5, 0.6) is 0 Å². The minimum Gasteiger partial charge on any atom is -0.366 e. The van der Waals surface area contributed by atoms with Crippen molar-refractivity contribution in [1.29, 1.82) is 0 Å². The Labute approximate surface area is 86.4 Å². The summed E-state index contributed by atoms with van der Waals surface area (Å²) < 4.78 is 5.54. The maximum absolute atomic E-state index is 11.0. The van der Waals surface area contributed by atoms with Crippen LogP contribution in [0.15, 0.2) is 0 Å². The van der Waals surface area contributed by atoms with Crippen LogP contribution in [0.2, 0.25) is 0 Å². The molecular formula is C11H21NO2. The molecule has 0 saturated carbocycles. The Kier molecular flexibility index (Phi) is 3.53. The molecule has 0 aromatic heterocycles. The Morgan fingerprint density at radius 1 is 1.36 bits per heavy atom. The molecule has 0 aromatic rings. The number of nitrogens with zero attached hydrogens (tertiary/aromatic N) is 1. The first-order valence-electron chi connectivity index (χ1n) is 5.57. The minimum absolute atomic E-state index is 0.159. The summed E-state index contributed by atoms with van der Waals surface area (Å²) in [5, 5.41) is 0. The minimum atomic E-state index is 0.159. The Hall–Kier alpha value is -0.570. The van der Waals surface area contributed by atoms with Crippen molar-refractivity contribution < 1.29 is 9.53 Å². The zero-order chi connectivity index (χ0) is 10.8. The van der Waals surface area contributed by atoms with E-state index in [-0.39, 0.29) is 11.5 Å². The van der Waals surface area contributed by atoms with Gasteiger partial charge in [0.1, 0.15) is 0 Å². The van der Waals surface area contributed by atoms with Crippen molar-refractivity contribution in [3.05, 3.63) is 0 Å². The highest BCUT2D eigenvalue weighted by atomic mass is 16.6. The molecule has 82 valence electrons. The van der Waals surface area contributed by atoms with Crippen LogP contribution in [0.3, 0.4) is 0 Å². The Balaban J connectivity index is 0.000000461. The van der Waals surface area contributed by atoms with E-state index in [4.69, 9.17) is 4.74 Å². The maximum atomic E-state index is 11.0. The third kappa shape index (κ3) is 2.08. The van der Waals surface area contributed by atoms with Gasteiger partial charge in [0, 0.05) is 20.0 Å². The number of epoxide rings is 1. The summed E-state index contributed by atoms with van der Waals surface area (Å²) in [6.45, 7) is 9.50. The fourth-order valence-electron chi connectivity index (χ4n) is 2.04. The molecule has 1 unspecified atom stereocenters. The molecule has 14 heavy (non-hydrogen) atoms. The predicted octanol–water partition coefficient (Wildman–Crippen LogP) is 1.81.